The van der Waals surface area contributed by atoms with Gasteiger partial charge in [-0.2, -0.15) is 0 Å². The number of carbonyl (C=O) groups is 2. The molecule has 0 bridgehead atoms. The van der Waals surface area contributed by atoms with Gasteiger partial charge < -0.3 is 20.1 Å². The molecule has 3 N–H and O–H groups in total. The summed E-state index contributed by atoms with van der Waals surface area (Å²) in [5, 5.41) is 14.4. The van der Waals surface area contributed by atoms with Gasteiger partial charge >= 0.3 is 5.97 Å². The third kappa shape index (κ3) is 6.72. The van der Waals surface area contributed by atoms with Gasteiger partial charge in [0.1, 0.15) is 6.10 Å². The molecule has 1 amide bonds. The molecule has 1 heterocycles. The Morgan fingerprint density at radius 2 is 1.79 bits per heavy atom. The quantitative estimate of drug-likeness (QED) is 0.343. The lowest BCUT2D eigenvalue weighted by atomic mass is 9.88. The standard InChI is InChI=1S/C25H29Cl2N3O4/c1-14(2)9-16(24(32)28-3)11-21(31)22(10-15-7-5-4-6-8-15)34-25(33)23-29-19-12-17(26)18(27)13-20(19)30-23/h4-8,12-14,16,21-22,31H,9-11H2,1-3H3,(H,28,32)(H,29,30)/t16-,21+,22+/m1/s1. The van der Waals surface area contributed by atoms with E-state index < -0.39 is 24.1 Å². The Balaban J connectivity index is 1.83. The molecule has 0 fully saturated rings. The lowest BCUT2D eigenvalue weighted by Gasteiger charge is -2.27. The number of amides is 1. The second-order valence-electron chi connectivity index (χ2n) is 8.75. The monoisotopic (exact) mass is 505 g/mol. The molecule has 3 aromatic rings. The average molecular weight is 506 g/mol. The van der Waals surface area contributed by atoms with Crippen LogP contribution in [0.25, 0.3) is 11.0 Å². The highest BCUT2D eigenvalue weighted by Gasteiger charge is 2.31. The number of rotatable bonds is 10. The Morgan fingerprint density at radius 3 is 2.44 bits per heavy atom. The summed E-state index contributed by atoms with van der Waals surface area (Å²) in [5.74, 6) is -1.04. The van der Waals surface area contributed by atoms with Crippen molar-refractivity contribution >= 4 is 46.1 Å². The zero-order chi connectivity index (χ0) is 24.8. The predicted octanol–water partition coefficient (Wildman–Crippen LogP) is 4.80. The summed E-state index contributed by atoms with van der Waals surface area (Å²) in [4.78, 5) is 32.5. The molecule has 1 aromatic heterocycles. The zero-order valence-corrected chi connectivity index (χ0v) is 20.9. The van der Waals surface area contributed by atoms with Gasteiger partial charge in [-0.25, -0.2) is 9.78 Å². The minimum Gasteiger partial charge on any atom is -0.453 e. The van der Waals surface area contributed by atoms with Crippen LogP contribution in [-0.4, -0.2) is 46.2 Å². The summed E-state index contributed by atoms with van der Waals surface area (Å²) >= 11 is 12.1. The van der Waals surface area contributed by atoms with E-state index in [0.29, 0.717) is 27.5 Å². The number of aromatic nitrogens is 2. The molecule has 182 valence electrons. The normalized spacial score (nSPS) is 14.1. The largest absolute Gasteiger partial charge is 0.453 e. The summed E-state index contributed by atoms with van der Waals surface area (Å²) < 4.78 is 5.73. The molecule has 0 saturated heterocycles. The highest BCUT2D eigenvalue weighted by Crippen LogP contribution is 2.27. The van der Waals surface area contributed by atoms with Crippen molar-refractivity contribution in [1.82, 2.24) is 15.3 Å². The third-order valence-corrected chi connectivity index (χ3v) is 6.31. The summed E-state index contributed by atoms with van der Waals surface area (Å²) in [6.07, 6.45) is -0.886. The minimum atomic E-state index is -1.06. The van der Waals surface area contributed by atoms with E-state index in [9.17, 15) is 14.7 Å². The second-order valence-corrected chi connectivity index (χ2v) is 9.56. The van der Waals surface area contributed by atoms with Crippen molar-refractivity contribution in [3.8, 4) is 0 Å². The number of nitrogens with zero attached hydrogens (tertiary/aromatic N) is 1. The number of hydrogen-bond acceptors (Lipinski definition) is 5. The van der Waals surface area contributed by atoms with Crippen LogP contribution in [0.1, 0.15) is 42.9 Å². The number of imidazole rings is 1. The molecule has 34 heavy (non-hydrogen) atoms. The van der Waals surface area contributed by atoms with Crippen LogP contribution in [0.2, 0.25) is 10.0 Å². The molecule has 0 aliphatic heterocycles. The van der Waals surface area contributed by atoms with E-state index in [-0.39, 0.29) is 30.5 Å². The molecule has 0 aliphatic carbocycles. The molecule has 0 spiro atoms. The Kier molecular flexibility index (Phi) is 8.94. The second kappa shape index (κ2) is 11.7. The van der Waals surface area contributed by atoms with Gasteiger partial charge in [0.15, 0.2) is 0 Å². The van der Waals surface area contributed by atoms with E-state index in [1.807, 2.05) is 44.2 Å². The average Bonchev–Trinajstić information content (AvgIpc) is 3.21. The number of aliphatic hydroxyl groups excluding tert-OH is 1. The first-order valence-corrected chi connectivity index (χ1v) is 11.9. The fourth-order valence-corrected chi connectivity index (χ4v) is 4.25. The molecule has 3 rings (SSSR count). The third-order valence-electron chi connectivity index (χ3n) is 5.58. The molecule has 0 aliphatic rings. The molecule has 9 heteroatoms. The smallest absolute Gasteiger partial charge is 0.374 e. The van der Waals surface area contributed by atoms with E-state index in [1.54, 1.807) is 19.2 Å². The number of carbonyl (C=O) groups excluding carboxylic acids is 2. The Labute approximate surface area is 208 Å². The number of benzene rings is 2. The van der Waals surface area contributed by atoms with Crippen molar-refractivity contribution in [3.05, 3.63) is 63.9 Å². The maximum Gasteiger partial charge on any atom is 0.374 e. The number of H-pyrrole nitrogens is 1. The zero-order valence-electron chi connectivity index (χ0n) is 19.3. The van der Waals surface area contributed by atoms with Crippen LogP contribution in [0.4, 0.5) is 0 Å². The first-order chi connectivity index (χ1) is 16.2. The fourth-order valence-electron chi connectivity index (χ4n) is 3.92. The van der Waals surface area contributed by atoms with E-state index >= 15 is 0 Å². The number of nitrogens with one attached hydrogen (secondary N) is 2. The van der Waals surface area contributed by atoms with Crippen LogP contribution in [0.5, 0.6) is 0 Å². The molecule has 2 aromatic carbocycles. The number of ether oxygens (including phenoxy) is 1. The van der Waals surface area contributed by atoms with E-state index in [0.717, 1.165) is 5.56 Å². The SMILES string of the molecule is CNC(=O)[C@H](CC(C)C)C[C@H](O)[C@H](Cc1ccccc1)OC(=O)c1nc2cc(Cl)c(Cl)cc2[nH]1. The first kappa shape index (κ1) is 26.0. The van der Waals surface area contributed by atoms with Gasteiger partial charge in [-0.15, -0.1) is 0 Å². The maximum absolute atomic E-state index is 13.0. The van der Waals surface area contributed by atoms with Gasteiger partial charge in [0.2, 0.25) is 11.7 Å². The number of fused-ring (bicyclic) bond motifs is 1. The Morgan fingerprint density at radius 1 is 1.12 bits per heavy atom. The molecule has 7 nitrogen and oxygen atoms in total. The number of halogens is 2. The molecular weight excluding hydrogens is 477 g/mol. The van der Waals surface area contributed by atoms with Crippen molar-refractivity contribution in [2.24, 2.45) is 11.8 Å². The lowest BCUT2D eigenvalue weighted by Crippen LogP contribution is -2.38. The van der Waals surface area contributed by atoms with Crippen LogP contribution in [0.3, 0.4) is 0 Å². The van der Waals surface area contributed by atoms with Crippen molar-refractivity contribution < 1.29 is 19.4 Å². The highest BCUT2D eigenvalue weighted by atomic mass is 35.5. The maximum atomic E-state index is 13.0. The fraction of sp³-hybridized carbons (Fsp3) is 0.400. The molecular formula is C25H29Cl2N3O4. The summed E-state index contributed by atoms with van der Waals surface area (Å²) in [7, 11) is 1.57. The van der Waals surface area contributed by atoms with Crippen molar-refractivity contribution in [2.45, 2.75) is 45.3 Å². The van der Waals surface area contributed by atoms with E-state index in [1.165, 1.54) is 0 Å². The van der Waals surface area contributed by atoms with Crippen LogP contribution in [-0.2, 0) is 16.0 Å². The van der Waals surface area contributed by atoms with Crippen LogP contribution in [0.15, 0.2) is 42.5 Å². The number of hydrogen-bond donors (Lipinski definition) is 3. The summed E-state index contributed by atoms with van der Waals surface area (Å²) in [5.41, 5.74) is 1.90. The van der Waals surface area contributed by atoms with Crippen molar-refractivity contribution in [3.63, 3.8) is 0 Å². The number of aliphatic hydroxyl groups is 1. The van der Waals surface area contributed by atoms with Gasteiger partial charge in [0, 0.05) is 19.4 Å². The molecule has 0 unspecified atom stereocenters. The number of aromatic amines is 1. The van der Waals surface area contributed by atoms with Gasteiger partial charge in [-0.3, -0.25) is 4.79 Å². The van der Waals surface area contributed by atoms with Gasteiger partial charge in [-0.05, 0) is 36.5 Å². The molecule has 3 atom stereocenters. The molecule has 0 radical (unpaired) electrons. The van der Waals surface area contributed by atoms with E-state index in [2.05, 4.69) is 15.3 Å². The number of esters is 1. The van der Waals surface area contributed by atoms with E-state index in [4.69, 9.17) is 27.9 Å². The first-order valence-electron chi connectivity index (χ1n) is 11.2. The topological polar surface area (TPSA) is 104 Å². The van der Waals surface area contributed by atoms with Crippen LogP contribution >= 0.6 is 23.2 Å². The van der Waals surface area contributed by atoms with Gasteiger partial charge in [0.25, 0.3) is 0 Å². The lowest BCUT2D eigenvalue weighted by molar-refractivity contribution is -0.126. The predicted molar refractivity (Wildman–Crippen MR) is 133 cm³/mol. The van der Waals surface area contributed by atoms with Gasteiger partial charge in [0.05, 0.1) is 27.2 Å². The highest BCUT2D eigenvalue weighted by molar-refractivity contribution is 6.42. The summed E-state index contributed by atoms with van der Waals surface area (Å²) in [6.45, 7) is 4.04. The van der Waals surface area contributed by atoms with Crippen LogP contribution < -0.4 is 5.32 Å². The molecule has 0 saturated carbocycles. The van der Waals surface area contributed by atoms with Crippen LogP contribution in [0, 0.1) is 11.8 Å². The summed E-state index contributed by atoms with van der Waals surface area (Å²) in [6, 6.07) is 12.6. The van der Waals surface area contributed by atoms with Gasteiger partial charge in [-0.1, -0.05) is 67.4 Å². The Hall–Kier alpha value is -2.61. The van der Waals surface area contributed by atoms with Crippen molar-refractivity contribution in [2.75, 3.05) is 7.05 Å². The van der Waals surface area contributed by atoms with Crippen molar-refractivity contribution in [1.29, 1.82) is 0 Å². The minimum absolute atomic E-state index is 0.0244. The Bertz CT molecular complexity index is 1090.